The van der Waals surface area contributed by atoms with Crippen LogP contribution in [0.25, 0.3) is 0 Å². The summed E-state index contributed by atoms with van der Waals surface area (Å²) in [7, 11) is 0. The molecule has 0 aromatic heterocycles. The molecule has 2 saturated heterocycles. The molecule has 2 aliphatic heterocycles. The van der Waals surface area contributed by atoms with Crippen LogP contribution >= 0.6 is 0 Å². The Morgan fingerprint density at radius 3 is 2.00 bits per heavy atom. The summed E-state index contributed by atoms with van der Waals surface area (Å²) in [5.41, 5.74) is 0.0423. The van der Waals surface area contributed by atoms with Crippen molar-refractivity contribution >= 4 is 5.91 Å². The van der Waals surface area contributed by atoms with Crippen molar-refractivity contribution in [2.45, 2.75) is 76.3 Å². The molecule has 122 valence electrons. The monoisotopic (exact) mass is 302 g/mol. The van der Waals surface area contributed by atoms with Crippen LogP contribution in [-0.2, 0) is 4.79 Å². The summed E-state index contributed by atoms with van der Waals surface area (Å²) in [6.07, 6.45) is 13.1. The molecule has 3 heteroatoms. The van der Waals surface area contributed by atoms with Gasteiger partial charge in [0.25, 0.3) is 0 Å². The third kappa shape index (κ3) is 2.23. The third-order valence-corrected chi connectivity index (χ3v) is 7.64. The van der Waals surface area contributed by atoms with Crippen LogP contribution in [0.4, 0.5) is 0 Å². The van der Waals surface area contributed by atoms with Crippen LogP contribution < -0.4 is 10.6 Å². The molecule has 2 heterocycles. The normalized spacial score (nSPS) is 52.0. The van der Waals surface area contributed by atoms with E-state index in [1.165, 1.54) is 64.2 Å². The smallest absolute Gasteiger partial charge is 0.226 e. The lowest BCUT2D eigenvalue weighted by Gasteiger charge is -2.55. The maximum atomic E-state index is 13.0. The molecule has 0 aromatic carbocycles. The lowest BCUT2D eigenvalue weighted by molar-refractivity contribution is -0.146. The lowest BCUT2D eigenvalue weighted by atomic mass is 9.49. The van der Waals surface area contributed by atoms with Gasteiger partial charge in [0.2, 0.25) is 5.91 Å². The van der Waals surface area contributed by atoms with Crippen LogP contribution in [0.15, 0.2) is 0 Å². The maximum Gasteiger partial charge on any atom is 0.226 e. The van der Waals surface area contributed by atoms with Gasteiger partial charge in [0.1, 0.15) is 0 Å². The highest BCUT2D eigenvalue weighted by Crippen LogP contribution is 2.60. The number of rotatable bonds is 3. The van der Waals surface area contributed by atoms with Crippen LogP contribution in [0.3, 0.4) is 0 Å². The topological polar surface area (TPSA) is 41.1 Å². The van der Waals surface area contributed by atoms with E-state index in [-0.39, 0.29) is 5.41 Å². The van der Waals surface area contributed by atoms with Crippen molar-refractivity contribution in [1.29, 1.82) is 0 Å². The molecule has 4 saturated carbocycles. The van der Waals surface area contributed by atoms with Crippen LogP contribution in [0.1, 0.15) is 64.2 Å². The van der Waals surface area contributed by atoms with Gasteiger partial charge >= 0.3 is 0 Å². The van der Waals surface area contributed by atoms with Gasteiger partial charge in [-0.1, -0.05) is 0 Å². The van der Waals surface area contributed by atoms with Crippen LogP contribution in [0.2, 0.25) is 0 Å². The van der Waals surface area contributed by atoms with Gasteiger partial charge in [-0.25, -0.2) is 0 Å². The van der Waals surface area contributed by atoms with Gasteiger partial charge in [0.15, 0.2) is 0 Å². The lowest BCUT2D eigenvalue weighted by Crippen LogP contribution is -2.54. The number of piperidine rings is 1. The summed E-state index contributed by atoms with van der Waals surface area (Å²) in [4.78, 5) is 13.0. The Balaban J connectivity index is 1.22. The molecule has 4 aliphatic carbocycles. The van der Waals surface area contributed by atoms with Crippen molar-refractivity contribution in [2.75, 3.05) is 6.54 Å². The van der Waals surface area contributed by atoms with E-state index in [1.54, 1.807) is 0 Å². The number of hydrogen-bond acceptors (Lipinski definition) is 2. The Bertz CT molecular complexity index is 427. The Hall–Kier alpha value is -0.570. The van der Waals surface area contributed by atoms with E-state index in [9.17, 15) is 4.79 Å². The summed E-state index contributed by atoms with van der Waals surface area (Å²) < 4.78 is 0. The van der Waals surface area contributed by atoms with Gasteiger partial charge in [0.05, 0.1) is 0 Å². The number of hydrogen-bond donors (Lipinski definition) is 2. The molecule has 0 radical (unpaired) electrons. The van der Waals surface area contributed by atoms with Gasteiger partial charge in [-0.15, -0.1) is 0 Å². The van der Waals surface area contributed by atoms with Crippen LogP contribution in [0.5, 0.6) is 0 Å². The second-order valence-corrected chi connectivity index (χ2v) is 9.38. The van der Waals surface area contributed by atoms with E-state index in [1.807, 2.05) is 0 Å². The largest absolute Gasteiger partial charge is 0.355 e. The molecule has 1 unspecified atom stereocenters. The molecular formula is C19H30N2O. The molecule has 22 heavy (non-hydrogen) atoms. The molecule has 6 aliphatic rings. The second kappa shape index (κ2) is 4.96. The first kappa shape index (κ1) is 13.8. The summed E-state index contributed by atoms with van der Waals surface area (Å²) in [6, 6.07) is 1.47. The Labute approximate surface area is 134 Å². The molecule has 6 rings (SSSR count). The van der Waals surface area contributed by atoms with Crippen molar-refractivity contribution in [3.8, 4) is 0 Å². The number of amides is 1. The fourth-order valence-corrected chi connectivity index (χ4v) is 7.16. The summed E-state index contributed by atoms with van der Waals surface area (Å²) in [6.45, 7) is 0.940. The predicted octanol–water partition coefficient (Wildman–Crippen LogP) is 2.85. The number of carbonyl (C=O) groups is 1. The first-order valence-electron chi connectivity index (χ1n) is 9.73. The second-order valence-electron chi connectivity index (χ2n) is 9.38. The number of fused-ring (bicyclic) bond motifs is 2. The van der Waals surface area contributed by atoms with E-state index in [0.29, 0.717) is 5.91 Å². The molecule has 3 nitrogen and oxygen atoms in total. The van der Waals surface area contributed by atoms with Crippen LogP contribution in [-0.4, -0.2) is 24.5 Å². The Morgan fingerprint density at radius 2 is 1.45 bits per heavy atom. The summed E-state index contributed by atoms with van der Waals surface area (Å²) >= 11 is 0. The van der Waals surface area contributed by atoms with Crippen LogP contribution in [0, 0.1) is 29.1 Å². The zero-order chi connectivity index (χ0) is 14.7. The van der Waals surface area contributed by atoms with Crippen molar-refractivity contribution in [2.24, 2.45) is 29.1 Å². The number of nitrogens with one attached hydrogen (secondary N) is 2. The summed E-state index contributed by atoms with van der Waals surface area (Å²) in [5, 5.41) is 7.12. The van der Waals surface area contributed by atoms with Crippen molar-refractivity contribution in [3.63, 3.8) is 0 Å². The van der Waals surface area contributed by atoms with Crippen molar-refractivity contribution in [3.05, 3.63) is 0 Å². The molecule has 3 atom stereocenters. The minimum Gasteiger partial charge on any atom is -0.355 e. The first-order chi connectivity index (χ1) is 10.7. The molecule has 0 aromatic rings. The van der Waals surface area contributed by atoms with Gasteiger partial charge in [0, 0.05) is 24.0 Å². The Morgan fingerprint density at radius 1 is 0.909 bits per heavy atom. The fourth-order valence-electron chi connectivity index (χ4n) is 7.16. The fraction of sp³-hybridized carbons (Fsp3) is 0.947. The van der Waals surface area contributed by atoms with E-state index >= 15 is 0 Å². The van der Waals surface area contributed by atoms with Gasteiger partial charge in [-0.2, -0.15) is 0 Å². The van der Waals surface area contributed by atoms with Gasteiger partial charge in [-0.05, 0) is 87.9 Å². The first-order valence-corrected chi connectivity index (χ1v) is 9.73. The minimum absolute atomic E-state index is 0.0423. The maximum absolute atomic E-state index is 13.0. The molecular weight excluding hydrogens is 272 g/mol. The van der Waals surface area contributed by atoms with Gasteiger partial charge in [-0.3, -0.25) is 4.79 Å². The number of carbonyl (C=O) groups excluding carboxylic acids is 1. The molecule has 6 fully saturated rings. The highest BCUT2D eigenvalue weighted by molar-refractivity contribution is 5.83. The minimum atomic E-state index is 0.0423. The van der Waals surface area contributed by atoms with E-state index < -0.39 is 0 Å². The van der Waals surface area contributed by atoms with Crippen molar-refractivity contribution < 1.29 is 4.79 Å². The molecule has 1 amide bonds. The third-order valence-electron chi connectivity index (χ3n) is 7.64. The average Bonchev–Trinajstić information content (AvgIpc) is 2.82. The molecule has 6 bridgehead atoms. The average molecular weight is 302 g/mol. The SMILES string of the molecule is O=C(NCC1C[C@H]2CC[C@@H](C1)N2)C12CC3CC(CC(C3)C1)C2. The highest BCUT2D eigenvalue weighted by Gasteiger charge is 2.54. The zero-order valence-corrected chi connectivity index (χ0v) is 13.7. The molecule has 2 N–H and O–H groups in total. The summed E-state index contributed by atoms with van der Waals surface area (Å²) in [5.74, 6) is 3.75. The Kier molecular flexibility index (Phi) is 3.12. The predicted molar refractivity (Wildman–Crippen MR) is 86.3 cm³/mol. The molecule has 0 spiro atoms. The highest BCUT2D eigenvalue weighted by atomic mass is 16.2. The van der Waals surface area contributed by atoms with Crippen molar-refractivity contribution in [1.82, 2.24) is 10.6 Å². The van der Waals surface area contributed by atoms with E-state index in [4.69, 9.17) is 0 Å². The standard InChI is InChI=1S/C19H30N2O/c22-18(20-11-15-6-16-1-2-17(7-15)21-16)19-8-12-3-13(9-19)5-14(4-12)10-19/h12-17,21H,1-11H2,(H,20,22)/t12?,13?,14?,15?,16-,17+,19?. The van der Waals surface area contributed by atoms with Gasteiger partial charge < -0.3 is 10.6 Å². The van der Waals surface area contributed by atoms with E-state index in [2.05, 4.69) is 10.6 Å². The zero-order valence-electron chi connectivity index (χ0n) is 13.7. The van der Waals surface area contributed by atoms with E-state index in [0.717, 1.165) is 42.3 Å². The quantitative estimate of drug-likeness (QED) is 0.841.